The van der Waals surface area contributed by atoms with Gasteiger partial charge in [0.1, 0.15) is 11.6 Å². The summed E-state index contributed by atoms with van der Waals surface area (Å²) < 4.78 is 11.5. The lowest BCUT2D eigenvalue weighted by Crippen LogP contribution is -2.28. The van der Waals surface area contributed by atoms with E-state index >= 15 is 0 Å². The molecule has 0 spiro atoms. The zero-order chi connectivity index (χ0) is 20.5. The van der Waals surface area contributed by atoms with Gasteiger partial charge in [0.05, 0.1) is 20.3 Å². The summed E-state index contributed by atoms with van der Waals surface area (Å²) in [5.41, 5.74) is 1.87. The van der Waals surface area contributed by atoms with Crippen molar-refractivity contribution in [2.45, 2.75) is 19.5 Å². The van der Waals surface area contributed by atoms with Gasteiger partial charge in [-0.1, -0.05) is 34.1 Å². The molecule has 7 heteroatoms. The minimum absolute atomic E-state index is 0.00215. The highest BCUT2D eigenvalue weighted by Crippen LogP contribution is 2.29. The number of nitrogens with zero attached hydrogens (tertiary/aromatic N) is 1. The zero-order valence-electron chi connectivity index (χ0n) is 16.0. The number of ether oxygens (including phenoxy) is 2. The molecule has 0 bridgehead atoms. The van der Waals surface area contributed by atoms with Crippen molar-refractivity contribution in [2.24, 2.45) is 0 Å². The minimum Gasteiger partial charge on any atom is -0.493 e. The van der Waals surface area contributed by atoms with E-state index in [1.54, 1.807) is 26.4 Å². The average Bonchev–Trinajstić information content (AvgIpc) is 2.70. The maximum absolute atomic E-state index is 12.4. The summed E-state index contributed by atoms with van der Waals surface area (Å²) in [4.78, 5) is 12.4. The summed E-state index contributed by atoms with van der Waals surface area (Å²) in [6, 6.07) is 14.8. The number of methoxy groups -OCH3 is 2. The van der Waals surface area contributed by atoms with Crippen LogP contribution in [-0.2, 0) is 11.3 Å². The first-order chi connectivity index (χ1) is 13.5. The Kier molecular flexibility index (Phi) is 7.90. The molecule has 0 fully saturated rings. The van der Waals surface area contributed by atoms with Gasteiger partial charge in [0.25, 0.3) is 5.91 Å². The van der Waals surface area contributed by atoms with Gasteiger partial charge in [-0.3, -0.25) is 4.79 Å². The van der Waals surface area contributed by atoms with Crippen molar-refractivity contribution in [1.82, 2.24) is 10.6 Å². The quantitative estimate of drug-likeness (QED) is 0.478. The van der Waals surface area contributed by atoms with Crippen molar-refractivity contribution in [3.8, 4) is 17.6 Å². The van der Waals surface area contributed by atoms with Crippen LogP contribution in [0.25, 0.3) is 0 Å². The first kappa shape index (κ1) is 21.3. The van der Waals surface area contributed by atoms with Gasteiger partial charge in [-0.15, -0.1) is 0 Å². The van der Waals surface area contributed by atoms with Crippen LogP contribution in [0.2, 0.25) is 0 Å². The predicted octanol–water partition coefficient (Wildman–Crippen LogP) is 3.84. The van der Waals surface area contributed by atoms with Gasteiger partial charge >= 0.3 is 0 Å². The van der Waals surface area contributed by atoms with E-state index in [2.05, 4.69) is 26.6 Å². The summed E-state index contributed by atoms with van der Waals surface area (Å²) in [5, 5.41) is 15.1. The van der Waals surface area contributed by atoms with Gasteiger partial charge in [-0.25, -0.2) is 0 Å². The van der Waals surface area contributed by atoms with Crippen LogP contribution < -0.4 is 20.1 Å². The average molecular weight is 444 g/mol. The third-order valence-electron chi connectivity index (χ3n) is 4.06. The smallest absolute Gasteiger partial charge is 0.263 e. The molecular formula is C21H22BrN3O3. The van der Waals surface area contributed by atoms with Crippen LogP contribution in [0.5, 0.6) is 11.5 Å². The molecule has 2 rings (SSSR count). The Morgan fingerprint density at radius 1 is 1.21 bits per heavy atom. The highest BCUT2D eigenvalue weighted by Gasteiger charge is 2.15. The second-order valence-corrected chi connectivity index (χ2v) is 6.91. The van der Waals surface area contributed by atoms with E-state index < -0.39 is 5.91 Å². The van der Waals surface area contributed by atoms with E-state index in [0.717, 1.165) is 15.6 Å². The molecule has 1 amide bonds. The standard InChI is InChI=1S/C21H22BrN3O3/c1-14(16-7-8-19(27-2)20(10-16)28-3)25-21(26)17(11-23)13-24-12-15-5-4-6-18(22)9-15/h4-10,13-14,24H,12H2,1-3H3,(H,25,26)/b17-13-. The molecule has 0 saturated carbocycles. The summed E-state index contributed by atoms with van der Waals surface area (Å²) in [5.74, 6) is 0.735. The Morgan fingerprint density at radius 2 is 1.96 bits per heavy atom. The Hall–Kier alpha value is -2.98. The summed E-state index contributed by atoms with van der Waals surface area (Å²) in [6.45, 7) is 2.34. The molecule has 0 saturated heterocycles. The molecule has 0 aliphatic carbocycles. The number of amides is 1. The van der Waals surface area contributed by atoms with Crippen LogP contribution in [0, 0.1) is 11.3 Å². The summed E-state index contributed by atoms with van der Waals surface area (Å²) in [6.07, 6.45) is 1.43. The first-order valence-electron chi connectivity index (χ1n) is 8.59. The normalized spacial score (nSPS) is 11.9. The van der Waals surface area contributed by atoms with Crippen molar-refractivity contribution in [3.05, 3.63) is 69.8 Å². The molecule has 2 aromatic carbocycles. The maximum Gasteiger partial charge on any atom is 0.263 e. The molecule has 0 radical (unpaired) electrons. The van der Waals surface area contributed by atoms with E-state index in [1.807, 2.05) is 43.3 Å². The topological polar surface area (TPSA) is 83.4 Å². The van der Waals surface area contributed by atoms with Gasteiger partial charge in [-0.2, -0.15) is 5.26 Å². The second-order valence-electron chi connectivity index (χ2n) is 5.99. The molecule has 0 aromatic heterocycles. The SMILES string of the molecule is COc1ccc(C(C)NC(=O)/C(C#N)=C\NCc2cccc(Br)c2)cc1OC. The molecule has 6 nitrogen and oxygen atoms in total. The third-order valence-corrected chi connectivity index (χ3v) is 4.56. The fraction of sp³-hybridized carbons (Fsp3) is 0.238. The number of carbonyl (C=O) groups is 1. The fourth-order valence-corrected chi connectivity index (χ4v) is 2.99. The fourth-order valence-electron chi connectivity index (χ4n) is 2.55. The highest BCUT2D eigenvalue weighted by molar-refractivity contribution is 9.10. The van der Waals surface area contributed by atoms with E-state index in [9.17, 15) is 10.1 Å². The minimum atomic E-state index is -0.452. The number of nitrogens with one attached hydrogen (secondary N) is 2. The molecular weight excluding hydrogens is 422 g/mol. The van der Waals surface area contributed by atoms with Gasteiger partial charge in [-0.05, 0) is 42.3 Å². The van der Waals surface area contributed by atoms with Crippen molar-refractivity contribution < 1.29 is 14.3 Å². The number of benzene rings is 2. The number of rotatable bonds is 8. The van der Waals surface area contributed by atoms with Crippen molar-refractivity contribution in [3.63, 3.8) is 0 Å². The maximum atomic E-state index is 12.4. The van der Waals surface area contributed by atoms with Crippen molar-refractivity contribution in [1.29, 1.82) is 5.26 Å². The van der Waals surface area contributed by atoms with Crippen molar-refractivity contribution >= 4 is 21.8 Å². The molecule has 0 aliphatic heterocycles. The third kappa shape index (κ3) is 5.76. The Bertz CT molecular complexity index is 906. The zero-order valence-corrected chi connectivity index (χ0v) is 17.5. The Balaban J connectivity index is 2.01. The first-order valence-corrected chi connectivity index (χ1v) is 9.38. The lowest BCUT2D eigenvalue weighted by molar-refractivity contribution is -0.117. The summed E-state index contributed by atoms with van der Waals surface area (Å²) >= 11 is 3.41. The number of hydrogen-bond acceptors (Lipinski definition) is 5. The number of carbonyl (C=O) groups excluding carboxylic acids is 1. The van der Waals surface area contributed by atoms with E-state index in [0.29, 0.717) is 18.0 Å². The lowest BCUT2D eigenvalue weighted by Gasteiger charge is -2.16. The molecule has 1 unspecified atom stereocenters. The van der Waals surface area contributed by atoms with Crippen LogP contribution in [0.3, 0.4) is 0 Å². The van der Waals surface area contributed by atoms with Gasteiger partial charge < -0.3 is 20.1 Å². The molecule has 28 heavy (non-hydrogen) atoms. The number of nitriles is 1. The monoisotopic (exact) mass is 443 g/mol. The van der Waals surface area contributed by atoms with Crippen LogP contribution in [0.15, 0.2) is 58.7 Å². The number of hydrogen-bond donors (Lipinski definition) is 2. The second kappa shape index (κ2) is 10.4. The van der Waals surface area contributed by atoms with Crippen LogP contribution in [-0.4, -0.2) is 20.1 Å². The molecule has 2 aromatic rings. The lowest BCUT2D eigenvalue weighted by atomic mass is 10.1. The molecule has 146 valence electrons. The van der Waals surface area contributed by atoms with Gasteiger partial charge in [0.2, 0.25) is 0 Å². The van der Waals surface area contributed by atoms with Gasteiger partial charge in [0.15, 0.2) is 11.5 Å². The summed E-state index contributed by atoms with van der Waals surface area (Å²) in [7, 11) is 3.12. The van der Waals surface area contributed by atoms with Crippen LogP contribution in [0.4, 0.5) is 0 Å². The van der Waals surface area contributed by atoms with Crippen LogP contribution in [0.1, 0.15) is 24.1 Å². The highest BCUT2D eigenvalue weighted by atomic mass is 79.9. The molecule has 2 N–H and O–H groups in total. The predicted molar refractivity (Wildman–Crippen MR) is 111 cm³/mol. The number of halogens is 1. The van der Waals surface area contributed by atoms with Crippen LogP contribution >= 0.6 is 15.9 Å². The van der Waals surface area contributed by atoms with E-state index in [-0.39, 0.29) is 11.6 Å². The molecule has 1 atom stereocenters. The Morgan fingerprint density at radius 3 is 2.61 bits per heavy atom. The van der Waals surface area contributed by atoms with E-state index in [1.165, 1.54) is 6.20 Å². The Labute approximate surface area is 173 Å². The van der Waals surface area contributed by atoms with E-state index in [4.69, 9.17) is 9.47 Å². The molecule has 0 heterocycles. The largest absolute Gasteiger partial charge is 0.493 e. The molecule has 0 aliphatic rings. The van der Waals surface area contributed by atoms with Gasteiger partial charge in [0, 0.05) is 17.2 Å². The van der Waals surface area contributed by atoms with Crippen molar-refractivity contribution in [2.75, 3.05) is 14.2 Å².